The van der Waals surface area contributed by atoms with E-state index in [9.17, 15) is 19.5 Å². The number of Topliss-reactive ketones (excluding diaryl/α,β-unsaturated/α-hetero) is 2. The third kappa shape index (κ3) is 7.49. The number of fused-ring (bicyclic) bond motifs is 1. The number of pyridine rings is 1. The molecule has 1 N–H and O–H groups in total. The van der Waals surface area contributed by atoms with Crippen LogP contribution < -0.4 is 0 Å². The molecule has 1 fully saturated rings. The molecule has 6 heteroatoms. The van der Waals surface area contributed by atoms with Crippen molar-refractivity contribution in [2.24, 2.45) is 22.2 Å². The molecule has 2 heterocycles. The maximum Gasteiger partial charge on any atom is 0.309 e. The van der Waals surface area contributed by atoms with Crippen molar-refractivity contribution in [2.45, 2.75) is 138 Å². The number of ketones is 2. The van der Waals surface area contributed by atoms with Crippen LogP contribution in [0.4, 0.5) is 0 Å². The molecule has 2 aromatic rings. The van der Waals surface area contributed by atoms with Crippen molar-refractivity contribution in [1.82, 2.24) is 4.98 Å². The van der Waals surface area contributed by atoms with Gasteiger partial charge in [0.05, 0.1) is 5.41 Å². The summed E-state index contributed by atoms with van der Waals surface area (Å²) in [4.78, 5) is 43.7. The number of nitrogens with zero attached hydrogens (tertiary/aromatic N) is 1. The Balaban J connectivity index is 1.57. The largest absolute Gasteiger partial charge is 0.481 e. The van der Waals surface area contributed by atoms with Gasteiger partial charge in [-0.05, 0) is 99.5 Å². The molecule has 0 aliphatic heterocycles. The van der Waals surface area contributed by atoms with Gasteiger partial charge < -0.3 is 9.52 Å². The lowest BCUT2D eigenvalue weighted by molar-refractivity contribution is -0.147. The summed E-state index contributed by atoms with van der Waals surface area (Å²) in [7, 11) is 0. The van der Waals surface area contributed by atoms with E-state index in [1.165, 1.54) is 12.8 Å². The fourth-order valence-corrected chi connectivity index (χ4v) is 6.75. The lowest BCUT2D eigenvalue weighted by Gasteiger charge is -2.34. The van der Waals surface area contributed by atoms with Crippen LogP contribution >= 0.6 is 0 Å². The smallest absolute Gasteiger partial charge is 0.309 e. The van der Waals surface area contributed by atoms with Gasteiger partial charge >= 0.3 is 5.97 Å². The third-order valence-corrected chi connectivity index (χ3v) is 10.3. The van der Waals surface area contributed by atoms with Gasteiger partial charge in [-0.15, -0.1) is 0 Å². The number of rotatable bonds is 8. The fraction of sp³-hybridized carbons (Fsp3) is 0.676. The zero-order chi connectivity index (χ0) is 32.0. The van der Waals surface area contributed by atoms with E-state index < -0.39 is 11.4 Å². The number of carboxylic acid groups (broad SMARTS) is 1. The van der Waals surface area contributed by atoms with E-state index in [4.69, 9.17) is 9.40 Å². The van der Waals surface area contributed by atoms with Crippen molar-refractivity contribution >= 4 is 28.6 Å². The second kappa shape index (κ2) is 12.0. The minimum atomic E-state index is -0.934. The first-order valence-corrected chi connectivity index (χ1v) is 16.3. The monoisotopic (exact) mass is 591 g/mol. The van der Waals surface area contributed by atoms with Crippen molar-refractivity contribution in [3.05, 3.63) is 40.8 Å². The predicted octanol–water partition coefficient (Wildman–Crippen LogP) is 9.59. The van der Waals surface area contributed by atoms with E-state index in [0.29, 0.717) is 49.2 Å². The molecule has 0 aromatic carbocycles. The molecule has 1 saturated carbocycles. The molecule has 4 rings (SSSR count). The van der Waals surface area contributed by atoms with Crippen LogP contribution in [0.5, 0.6) is 0 Å². The lowest BCUT2D eigenvalue weighted by atomic mass is 9.69. The van der Waals surface area contributed by atoms with Gasteiger partial charge in [0.15, 0.2) is 17.1 Å². The molecule has 1 atom stereocenters. The zero-order valence-electron chi connectivity index (χ0n) is 28.0. The summed E-state index contributed by atoms with van der Waals surface area (Å²) in [6.45, 7) is 18.8. The summed E-state index contributed by atoms with van der Waals surface area (Å²) in [6.07, 6.45) is 9.73. The first-order chi connectivity index (χ1) is 19.8. The SMILES string of the molecule is CC1(C)CCC(c2cc(C(C)(C)C)c3oc(C(=O)C4CCC/C(C(=O)CCC(C)(C)C(=O)O)=C\CC4(C)C)cc3n2)CC1. The maximum atomic E-state index is 14.1. The predicted molar refractivity (Wildman–Crippen MR) is 172 cm³/mol. The van der Waals surface area contributed by atoms with Crippen molar-refractivity contribution in [2.75, 3.05) is 0 Å². The highest BCUT2D eigenvalue weighted by molar-refractivity contribution is 5.99. The molecule has 0 spiro atoms. The molecular weight excluding hydrogens is 538 g/mol. The Hall–Kier alpha value is -2.76. The summed E-state index contributed by atoms with van der Waals surface area (Å²) in [5.41, 5.74) is 3.40. The molecule has 0 radical (unpaired) electrons. The third-order valence-electron chi connectivity index (χ3n) is 10.3. The summed E-state index contributed by atoms with van der Waals surface area (Å²) < 4.78 is 6.39. The number of carbonyl (C=O) groups is 3. The Morgan fingerprint density at radius 3 is 2.26 bits per heavy atom. The number of carbonyl (C=O) groups excluding carboxylic acids is 2. The highest BCUT2D eigenvalue weighted by Gasteiger charge is 2.38. The Morgan fingerprint density at radius 1 is 1.00 bits per heavy atom. The molecule has 2 aliphatic rings. The second-order valence-electron chi connectivity index (χ2n) is 16.5. The van der Waals surface area contributed by atoms with Crippen LogP contribution in [-0.2, 0) is 15.0 Å². The standard InChI is InChI=1S/C37H53NO5/c1-34(2,3)26-21-27(23-13-17-35(4,5)18-14-23)38-28-22-30(43-32(26)28)31(40)25-12-10-11-24(15-19-36(25,6)7)29(39)16-20-37(8,9)33(41)42/h15,21-23,25H,10-14,16-20H2,1-9H3,(H,41,42)/b24-15+. The van der Waals surface area contributed by atoms with Crippen LogP contribution in [0.15, 0.2) is 28.2 Å². The molecule has 1 unspecified atom stereocenters. The van der Waals surface area contributed by atoms with E-state index in [1.807, 2.05) is 12.1 Å². The van der Waals surface area contributed by atoms with Crippen LogP contribution in [0.1, 0.15) is 154 Å². The number of allylic oxidation sites excluding steroid dienone is 2. The number of hydrogen-bond donors (Lipinski definition) is 1. The molecule has 236 valence electrons. The van der Waals surface area contributed by atoms with Gasteiger partial charge in [-0.3, -0.25) is 14.4 Å². The van der Waals surface area contributed by atoms with Gasteiger partial charge in [0, 0.05) is 35.6 Å². The number of hydrogen-bond acceptors (Lipinski definition) is 5. The van der Waals surface area contributed by atoms with Crippen LogP contribution in [0, 0.1) is 22.2 Å². The quantitative estimate of drug-likeness (QED) is 0.307. The zero-order valence-corrected chi connectivity index (χ0v) is 28.0. The summed E-state index contributed by atoms with van der Waals surface area (Å²) in [5, 5.41) is 9.41. The van der Waals surface area contributed by atoms with Gasteiger partial charge in [-0.1, -0.05) is 54.5 Å². The van der Waals surface area contributed by atoms with E-state index in [2.05, 4.69) is 54.5 Å². The lowest BCUT2D eigenvalue weighted by Crippen LogP contribution is -2.32. The van der Waals surface area contributed by atoms with Crippen molar-refractivity contribution in [1.29, 1.82) is 0 Å². The molecule has 2 aliphatic carbocycles. The van der Waals surface area contributed by atoms with Gasteiger partial charge in [-0.2, -0.15) is 0 Å². The molecular formula is C37H53NO5. The molecule has 0 saturated heterocycles. The van der Waals surface area contributed by atoms with Crippen LogP contribution in [0.25, 0.3) is 11.1 Å². The summed E-state index contributed by atoms with van der Waals surface area (Å²) >= 11 is 0. The van der Waals surface area contributed by atoms with Crippen LogP contribution in [-0.4, -0.2) is 27.6 Å². The van der Waals surface area contributed by atoms with E-state index >= 15 is 0 Å². The first kappa shape index (κ1) is 33.1. The van der Waals surface area contributed by atoms with E-state index in [0.717, 1.165) is 40.8 Å². The average molecular weight is 592 g/mol. The van der Waals surface area contributed by atoms with Crippen molar-refractivity contribution in [3.63, 3.8) is 0 Å². The molecule has 0 amide bonds. The number of carboxylic acids is 1. The fourth-order valence-electron chi connectivity index (χ4n) is 6.75. The number of aromatic nitrogens is 1. The topological polar surface area (TPSA) is 97.5 Å². The molecule has 0 bridgehead atoms. The Bertz CT molecular complexity index is 1400. The van der Waals surface area contributed by atoms with Gasteiger partial charge in [0.1, 0.15) is 5.52 Å². The number of aliphatic carboxylic acids is 1. The van der Waals surface area contributed by atoms with E-state index in [1.54, 1.807) is 13.8 Å². The van der Waals surface area contributed by atoms with Crippen molar-refractivity contribution < 1.29 is 23.9 Å². The van der Waals surface area contributed by atoms with Gasteiger partial charge in [0.2, 0.25) is 5.78 Å². The highest BCUT2D eigenvalue weighted by atomic mass is 16.4. The van der Waals surface area contributed by atoms with Gasteiger partial charge in [-0.25, -0.2) is 4.98 Å². The van der Waals surface area contributed by atoms with E-state index in [-0.39, 0.29) is 34.7 Å². The average Bonchev–Trinajstić information content (AvgIpc) is 3.33. The minimum absolute atomic E-state index is 0.00945. The second-order valence-corrected chi connectivity index (χ2v) is 16.5. The highest BCUT2D eigenvalue weighted by Crippen LogP contribution is 2.45. The minimum Gasteiger partial charge on any atom is -0.481 e. The molecule has 6 nitrogen and oxygen atoms in total. The molecule has 43 heavy (non-hydrogen) atoms. The molecule has 2 aromatic heterocycles. The first-order valence-electron chi connectivity index (χ1n) is 16.3. The van der Waals surface area contributed by atoms with Gasteiger partial charge in [0.25, 0.3) is 0 Å². The van der Waals surface area contributed by atoms with Crippen LogP contribution in [0.3, 0.4) is 0 Å². The normalized spacial score (nSPS) is 22.8. The number of furan rings is 1. The summed E-state index contributed by atoms with van der Waals surface area (Å²) in [5.74, 6) is -0.301. The Labute approximate surface area is 258 Å². The summed E-state index contributed by atoms with van der Waals surface area (Å²) in [6, 6.07) is 4.09. The Morgan fingerprint density at radius 2 is 1.65 bits per heavy atom. The van der Waals surface area contributed by atoms with Crippen molar-refractivity contribution in [3.8, 4) is 0 Å². The maximum absolute atomic E-state index is 14.1. The van der Waals surface area contributed by atoms with Crippen LogP contribution in [0.2, 0.25) is 0 Å². The Kier molecular flexibility index (Phi) is 9.22.